The molecule has 7 heteroatoms. The first kappa shape index (κ1) is 50.7. The topological polar surface area (TPSA) is 35.7 Å². The molecule has 0 spiro atoms. The maximum absolute atomic E-state index is 5.41. The van der Waals surface area contributed by atoms with E-state index in [1.54, 1.807) is 0 Å². The number of hydrogen-bond acceptors (Lipinski definition) is 2. The summed E-state index contributed by atoms with van der Waals surface area (Å²) in [5.74, 6) is 1.80. The molecule has 0 unspecified atom stereocenters. The fourth-order valence-electron chi connectivity index (χ4n) is 4.92. The van der Waals surface area contributed by atoms with Crippen LogP contribution in [0.4, 0.5) is 11.4 Å². The third-order valence-corrected chi connectivity index (χ3v) is 8.41. The summed E-state index contributed by atoms with van der Waals surface area (Å²) in [6, 6.07) is 14.5. The predicted molar refractivity (Wildman–Crippen MR) is 230 cm³/mol. The van der Waals surface area contributed by atoms with Gasteiger partial charge < -0.3 is 23.1 Å². The van der Waals surface area contributed by atoms with E-state index in [0.29, 0.717) is 30.2 Å². The van der Waals surface area contributed by atoms with Gasteiger partial charge in [0.05, 0.1) is 13.8 Å². The maximum Gasteiger partial charge on any atom is 3.00 e. The van der Waals surface area contributed by atoms with Gasteiger partial charge in [0.25, 0.3) is 0 Å². The molecule has 0 bridgehead atoms. The molecule has 0 aromatic heterocycles. The molecule has 276 valence electrons. The van der Waals surface area contributed by atoms with Crippen LogP contribution in [0.25, 0.3) is 5.32 Å². The Kier molecular flexibility index (Phi) is 24.9. The van der Waals surface area contributed by atoms with Gasteiger partial charge in [0, 0.05) is 13.2 Å². The molecule has 1 fully saturated rings. The van der Waals surface area contributed by atoms with Gasteiger partial charge in [-0.25, -0.2) is 0 Å². The number of hydrogen-bond donors (Lipinski definition) is 0. The minimum atomic E-state index is -1.36. The smallest absolute Gasteiger partial charge is 0.679 e. The second-order valence-electron chi connectivity index (χ2n) is 18.4. The average Bonchev–Trinajstić information content (AvgIpc) is 3.49. The molecule has 0 amide bonds. The van der Waals surface area contributed by atoms with Crippen molar-refractivity contribution in [2.75, 3.05) is 19.8 Å². The van der Waals surface area contributed by atoms with Crippen LogP contribution in [0.5, 0.6) is 0 Å². The Morgan fingerprint density at radius 1 is 0.653 bits per heavy atom. The van der Waals surface area contributed by atoms with Crippen molar-refractivity contribution in [1.82, 2.24) is 0 Å². The van der Waals surface area contributed by atoms with Gasteiger partial charge in [0.15, 0.2) is 0 Å². The van der Waals surface area contributed by atoms with E-state index in [1.165, 1.54) is 52.2 Å². The minimum Gasteiger partial charge on any atom is -0.679 e. The quantitative estimate of drug-likeness (QED) is 0.134. The fraction of sp³-hybridized carbons (Fsp3) is 0.643. The minimum absolute atomic E-state index is 0. The predicted octanol–water partition coefficient (Wildman–Crippen LogP) is 14.5. The van der Waals surface area contributed by atoms with E-state index in [-0.39, 0.29) is 32.7 Å². The molecule has 3 rings (SSSR count). The van der Waals surface area contributed by atoms with Crippen LogP contribution in [-0.4, -0.2) is 49.7 Å². The van der Waals surface area contributed by atoms with Gasteiger partial charge in [0.1, 0.15) is 0 Å². The van der Waals surface area contributed by atoms with Crippen molar-refractivity contribution >= 4 is 41.3 Å². The summed E-state index contributed by atoms with van der Waals surface area (Å²) < 4.78 is 4.94. The SMILES string of the molecule is C1CCOC1.CC(C)c1cccc(C(C)C)c1N=C(C[N-]c1c(C(C)C)cccc1C(C)C)C[Si](C)(C)C.[CH2-][Si](C)(C)C.[CH2-][Si](C)(C)C.[Y+3]. The normalized spacial score (nSPS) is 13.7. The largest absolute Gasteiger partial charge is 3.00 e. The molecule has 1 saturated heterocycles. The summed E-state index contributed by atoms with van der Waals surface area (Å²) in [4.78, 5) is 5.41. The van der Waals surface area contributed by atoms with E-state index in [1.807, 2.05) is 0 Å². The Hall–Kier alpha value is -0.375. The first-order valence-electron chi connectivity index (χ1n) is 18.6. The van der Waals surface area contributed by atoms with Crippen LogP contribution in [0, 0.1) is 13.1 Å². The zero-order valence-corrected chi connectivity index (χ0v) is 41.1. The van der Waals surface area contributed by atoms with Crippen molar-refractivity contribution in [2.24, 2.45) is 4.99 Å². The molecule has 1 aliphatic rings. The summed E-state index contributed by atoms with van der Waals surface area (Å²) in [5.41, 5.74) is 8.99. The van der Waals surface area contributed by atoms with Gasteiger partial charge in [-0.1, -0.05) is 168 Å². The van der Waals surface area contributed by atoms with Gasteiger partial charge in [-0.05, 0) is 59.4 Å². The number of benzene rings is 2. The fourth-order valence-corrected chi connectivity index (χ4v) is 6.33. The molecule has 0 saturated carbocycles. The van der Waals surface area contributed by atoms with Crippen LogP contribution in [-0.2, 0) is 37.4 Å². The second kappa shape index (κ2) is 24.0. The van der Waals surface area contributed by atoms with Crippen molar-refractivity contribution in [3.8, 4) is 0 Å². The molecule has 0 atom stereocenters. The van der Waals surface area contributed by atoms with Gasteiger partial charge in [-0.15, -0.1) is 21.8 Å². The molecule has 2 aromatic rings. The summed E-state index contributed by atoms with van der Waals surface area (Å²) in [5, 5.41) is 5.27. The van der Waals surface area contributed by atoms with Crippen LogP contribution in [0.2, 0.25) is 65.0 Å². The van der Waals surface area contributed by atoms with Crippen molar-refractivity contribution in [2.45, 2.75) is 157 Å². The van der Waals surface area contributed by atoms with E-state index < -0.39 is 24.2 Å². The van der Waals surface area contributed by atoms with Crippen molar-refractivity contribution in [1.29, 1.82) is 0 Å². The third kappa shape index (κ3) is 25.3. The summed E-state index contributed by atoms with van der Waals surface area (Å²) >= 11 is 0. The van der Waals surface area contributed by atoms with E-state index >= 15 is 0 Å². The number of rotatable bonds is 10. The monoisotopic (exact) mass is 798 g/mol. The standard InChI is InChI=1S/C30H47N2Si.C4H8O.2C4H11Si.Y/c1-20(2)25-14-12-15-26(21(3)4)29(25)31-18-24(19-33(9,10)11)32-30-27(22(5)6)16-13-17-28(30)23(7)8;1-2-4-5-3-1;2*1-5(2,3)4;/h12-17,20-23H,18-19H2,1-11H3;1-4H2;2*1H2,2-4H3;/q-1;;2*-1;+3. The number of para-hydroxylation sites is 2. The third-order valence-electron chi connectivity index (χ3n) is 6.94. The van der Waals surface area contributed by atoms with Crippen LogP contribution in [0.3, 0.4) is 0 Å². The van der Waals surface area contributed by atoms with E-state index in [2.05, 4.69) is 164 Å². The Morgan fingerprint density at radius 3 is 1.24 bits per heavy atom. The Bertz CT molecular complexity index is 1130. The molecular formula is C42H77N2OSi3Y. The van der Waals surface area contributed by atoms with Crippen LogP contribution in [0.15, 0.2) is 41.4 Å². The van der Waals surface area contributed by atoms with Gasteiger partial charge in [-0.2, -0.15) is 0 Å². The summed E-state index contributed by atoms with van der Waals surface area (Å²) in [6.07, 6.45) is 2.56. The molecule has 0 N–H and O–H groups in total. The number of ether oxygens (including phenoxy) is 1. The summed E-state index contributed by atoms with van der Waals surface area (Å²) in [6.45, 7) is 49.2. The van der Waals surface area contributed by atoms with Crippen molar-refractivity contribution in [3.05, 3.63) is 77.1 Å². The summed E-state index contributed by atoms with van der Waals surface area (Å²) in [7, 11) is -3.09. The van der Waals surface area contributed by atoms with E-state index in [9.17, 15) is 0 Å². The van der Waals surface area contributed by atoms with E-state index in [4.69, 9.17) is 15.0 Å². The molecule has 3 nitrogen and oxygen atoms in total. The molecule has 0 radical (unpaired) electrons. The number of aliphatic imine (C=N–C) groups is 1. The zero-order valence-electron chi connectivity index (χ0n) is 35.3. The zero-order chi connectivity index (χ0) is 37.5. The number of nitrogens with zero attached hydrogens (tertiary/aromatic N) is 2. The average molecular weight is 799 g/mol. The molecular weight excluding hydrogens is 722 g/mol. The van der Waals surface area contributed by atoms with E-state index in [0.717, 1.165) is 19.3 Å². The van der Waals surface area contributed by atoms with Gasteiger partial charge >= 0.3 is 32.7 Å². The molecule has 1 heterocycles. The molecule has 1 aliphatic heterocycles. The Balaban J connectivity index is 0. The van der Waals surface area contributed by atoms with Crippen LogP contribution >= 0.6 is 0 Å². The van der Waals surface area contributed by atoms with Crippen LogP contribution in [0.1, 0.15) is 114 Å². The molecule has 0 aliphatic carbocycles. The van der Waals surface area contributed by atoms with Crippen LogP contribution < -0.4 is 0 Å². The van der Waals surface area contributed by atoms with Crippen molar-refractivity contribution in [3.63, 3.8) is 0 Å². The second-order valence-corrected chi connectivity index (χ2v) is 34.1. The van der Waals surface area contributed by atoms with Gasteiger partial charge in [0.2, 0.25) is 0 Å². The van der Waals surface area contributed by atoms with Gasteiger partial charge in [-0.3, -0.25) is 4.99 Å². The molecule has 2 aromatic carbocycles. The first-order valence-corrected chi connectivity index (χ1v) is 29.7. The Labute approximate surface area is 335 Å². The Morgan fingerprint density at radius 2 is 0.980 bits per heavy atom. The molecule has 49 heavy (non-hydrogen) atoms. The first-order chi connectivity index (χ1) is 21.8. The maximum atomic E-state index is 5.41. The van der Waals surface area contributed by atoms with Crippen molar-refractivity contribution < 1.29 is 37.4 Å².